The number of nitrogens with one attached hydrogen (secondary N) is 3. The van der Waals surface area contributed by atoms with E-state index >= 15 is 0 Å². The van der Waals surface area contributed by atoms with Crippen molar-refractivity contribution in [3.8, 4) is 0 Å². The summed E-state index contributed by atoms with van der Waals surface area (Å²) in [5.41, 5.74) is 0. The number of aliphatic carboxylic acids is 1. The summed E-state index contributed by atoms with van der Waals surface area (Å²) in [6.45, 7) is 2.28. The Morgan fingerprint density at radius 3 is 2.22 bits per heavy atom. The van der Waals surface area contributed by atoms with Gasteiger partial charge in [0.15, 0.2) is 0 Å². The van der Waals surface area contributed by atoms with Crippen LogP contribution in [0.15, 0.2) is 0 Å². The Kier molecular flexibility index (Phi) is 13.9. The molecule has 0 unspecified atom stereocenters. The van der Waals surface area contributed by atoms with Crippen molar-refractivity contribution in [1.82, 2.24) is 16.0 Å². The summed E-state index contributed by atoms with van der Waals surface area (Å²) in [7, 11) is 3.54. The second-order valence-corrected chi connectivity index (χ2v) is 3.66. The molecule has 2 atom stereocenters. The van der Waals surface area contributed by atoms with E-state index in [1.165, 1.54) is 6.92 Å². The molecule has 0 saturated carbocycles. The Labute approximate surface area is 118 Å². The average Bonchev–Trinajstić information content (AvgIpc) is 2.36. The zero-order chi connectivity index (χ0) is 14.6. The Bertz CT molecular complexity index is 255. The fraction of sp³-hybridized carbons (Fsp3) is 0.800. The fourth-order valence-electron chi connectivity index (χ4n) is 1.27. The normalized spacial score (nSPS) is 12.8. The minimum Gasteiger partial charge on any atom is -0.480 e. The summed E-state index contributed by atoms with van der Waals surface area (Å²) in [6, 6.07) is -1.19. The van der Waals surface area contributed by atoms with Gasteiger partial charge in [-0.2, -0.15) is 0 Å². The van der Waals surface area contributed by atoms with E-state index in [2.05, 4.69) is 38.3 Å². The molecule has 1 amide bonds. The van der Waals surface area contributed by atoms with E-state index in [9.17, 15) is 9.59 Å². The topological polar surface area (TPSA) is 90.5 Å². The van der Waals surface area contributed by atoms with Gasteiger partial charge >= 0.3 is 5.97 Å². The van der Waals surface area contributed by atoms with Crippen LogP contribution in [0.3, 0.4) is 0 Å². The standard InChI is InChI=1S/C10H21N3O3.S2/c1-7(10(15)16)13-9(14)8(12-3)5-4-6-11-2;1-2/h7-8,11-12H,4-6H2,1-3H3,(H,13,14)(H,15,16);/t7-,8+;/m1./s1. The van der Waals surface area contributed by atoms with Gasteiger partial charge in [-0.25, -0.2) is 0 Å². The van der Waals surface area contributed by atoms with Gasteiger partial charge < -0.3 is 21.1 Å². The highest BCUT2D eigenvalue weighted by atomic mass is 32.8. The fourth-order valence-corrected chi connectivity index (χ4v) is 1.27. The van der Waals surface area contributed by atoms with Gasteiger partial charge in [-0.15, -0.1) is 0 Å². The van der Waals surface area contributed by atoms with Crippen LogP contribution in [0.25, 0.3) is 0 Å². The number of carboxylic acid groups (broad SMARTS) is 1. The second-order valence-electron chi connectivity index (χ2n) is 3.66. The van der Waals surface area contributed by atoms with Crippen molar-refractivity contribution in [2.24, 2.45) is 0 Å². The molecule has 106 valence electrons. The second kappa shape index (κ2) is 12.7. The van der Waals surface area contributed by atoms with Crippen LogP contribution in [0, 0.1) is 0 Å². The minimum absolute atomic E-state index is 0.270. The molecule has 0 aromatic rings. The van der Waals surface area contributed by atoms with Crippen LogP contribution in [0.2, 0.25) is 0 Å². The highest BCUT2D eigenvalue weighted by Crippen LogP contribution is 1.97. The molecule has 18 heavy (non-hydrogen) atoms. The number of carbonyl (C=O) groups excluding carboxylic acids is 1. The van der Waals surface area contributed by atoms with Crippen molar-refractivity contribution < 1.29 is 14.7 Å². The van der Waals surface area contributed by atoms with Crippen molar-refractivity contribution in [2.75, 3.05) is 20.6 Å². The molecule has 0 aliphatic carbocycles. The third kappa shape index (κ3) is 9.34. The summed E-state index contributed by atoms with van der Waals surface area (Å²) in [4.78, 5) is 22.2. The largest absolute Gasteiger partial charge is 0.480 e. The number of amides is 1. The van der Waals surface area contributed by atoms with Crippen LogP contribution in [-0.2, 0) is 32.0 Å². The van der Waals surface area contributed by atoms with Gasteiger partial charge in [-0.3, -0.25) is 9.59 Å². The van der Waals surface area contributed by atoms with Crippen LogP contribution in [0.1, 0.15) is 19.8 Å². The highest BCUT2D eigenvalue weighted by molar-refractivity contribution is 8.07. The third-order valence-electron chi connectivity index (χ3n) is 2.31. The van der Waals surface area contributed by atoms with Crippen LogP contribution >= 0.6 is 0 Å². The molecule has 4 N–H and O–H groups in total. The predicted molar refractivity (Wildman–Crippen MR) is 76.0 cm³/mol. The van der Waals surface area contributed by atoms with Gasteiger partial charge in [0.25, 0.3) is 0 Å². The molecule has 0 aromatic heterocycles. The minimum atomic E-state index is -1.03. The van der Waals surface area contributed by atoms with Crippen molar-refractivity contribution >= 4 is 34.3 Å². The molecule has 6 nitrogen and oxygen atoms in total. The van der Waals surface area contributed by atoms with E-state index in [0.717, 1.165) is 13.0 Å². The van der Waals surface area contributed by atoms with Gasteiger partial charge in [0.1, 0.15) is 6.04 Å². The first-order chi connectivity index (χ1) is 8.52. The van der Waals surface area contributed by atoms with Gasteiger partial charge in [0, 0.05) is 22.4 Å². The third-order valence-corrected chi connectivity index (χ3v) is 2.31. The van der Waals surface area contributed by atoms with E-state index < -0.39 is 12.0 Å². The van der Waals surface area contributed by atoms with E-state index in [4.69, 9.17) is 5.11 Å². The van der Waals surface area contributed by atoms with E-state index in [1.807, 2.05) is 7.05 Å². The molecule has 0 heterocycles. The lowest BCUT2D eigenvalue weighted by Gasteiger charge is -2.17. The van der Waals surface area contributed by atoms with Crippen LogP contribution in [0.4, 0.5) is 0 Å². The van der Waals surface area contributed by atoms with Crippen molar-refractivity contribution in [1.29, 1.82) is 0 Å². The number of likely N-dealkylation sites (N-methyl/N-ethyl adjacent to an activating group) is 1. The molecule has 0 fully saturated rings. The summed E-state index contributed by atoms with van der Waals surface area (Å²) in [6.07, 6.45) is 1.53. The number of hydrogen-bond donors (Lipinski definition) is 4. The smallest absolute Gasteiger partial charge is 0.325 e. The first-order valence-corrected chi connectivity index (χ1v) is 6.88. The van der Waals surface area contributed by atoms with Gasteiger partial charge in [0.2, 0.25) is 5.91 Å². The van der Waals surface area contributed by atoms with Crippen molar-refractivity contribution in [2.45, 2.75) is 31.8 Å². The van der Waals surface area contributed by atoms with Crippen LogP contribution < -0.4 is 16.0 Å². The number of carboxylic acids is 1. The Balaban J connectivity index is 0. The molecule has 0 rings (SSSR count). The number of carbonyl (C=O) groups is 2. The Hall–Kier alpha value is -0.700. The summed E-state index contributed by atoms with van der Waals surface area (Å²) >= 11 is 7.33. The zero-order valence-electron chi connectivity index (χ0n) is 10.9. The number of hydrogen-bond acceptors (Lipinski definition) is 6. The SMILES string of the molecule is CNCCC[C@H](NC)C(=O)N[C@H](C)C(=O)O.S=S. The molecule has 0 radical (unpaired) electrons. The van der Waals surface area contributed by atoms with Crippen LogP contribution in [0.5, 0.6) is 0 Å². The molecule has 0 aliphatic heterocycles. The van der Waals surface area contributed by atoms with E-state index in [0.29, 0.717) is 6.42 Å². The molecule has 0 aliphatic rings. The highest BCUT2D eigenvalue weighted by Gasteiger charge is 2.20. The predicted octanol–water partition coefficient (Wildman–Crippen LogP) is -0.841. The van der Waals surface area contributed by atoms with E-state index in [1.54, 1.807) is 7.05 Å². The van der Waals surface area contributed by atoms with Gasteiger partial charge in [-0.05, 0) is 40.4 Å². The van der Waals surface area contributed by atoms with Crippen molar-refractivity contribution in [3.05, 3.63) is 0 Å². The summed E-state index contributed by atoms with van der Waals surface area (Å²) in [5.74, 6) is -1.30. The molecule has 0 aromatic carbocycles. The summed E-state index contributed by atoms with van der Waals surface area (Å²) < 4.78 is 0. The summed E-state index contributed by atoms with van der Waals surface area (Å²) in [5, 5.41) is 17.0. The molecule has 8 heteroatoms. The monoisotopic (exact) mass is 295 g/mol. The maximum atomic E-state index is 11.6. The van der Waals surface area contributed by atoms with Crippen molar-refractivity contribution in [3.63, 3.8) is 0 Å². The molecular formula is C10H21N3O3S2. The molecule has 0 saturated heterocycles. The lowest BCUT2D eigenvalue weighted by Crippen LogP contribution is -2.48. The lowest BCUT2D eigenvalue weighted by molar-refractivity contribution is -0.141. The number of rotatable bonds is 8. The lowest BCUT2D eigenvalue weighted by atomic mass is 10.1. The molecule has 0 spiro atoms. The first kappa shape index (κ1) is 19.6. The first-order valence-electron chi connectivity index (χ1n) is 5.54. The Morgan fingerprint density at radius 1 is 1.28 bits per heavy atom. The van der Waals surface area contributed by atoms with Gasteiger partial charge in [-0.1, -0.05) is 0 Å². The maximum absolute atomic E-state index is 11.6. The molecular weight excluding hydrogens is 274 g/mol. The average molecular weight is 295 g/mol. The van der Waals surface area contributed by atoms with Crippen LogP contribution in [-0.4, -0.2) is 49.7 Å². The maximum Gasteiger partial charge on any atom is 0.325 e. The van der Waals surface area contributed by atoms with Gasteiger partial charge in [0.05, 0.1) is 6.04 Å². The van der Waals surface area contributed by atoms with E-state index in [-0.39, 0.29) is 11.9 Å². The zero-order valence-corrected chi connectivity index (χ0v) is 12.5. The quantitative estimate of drug-likeness (QED) is 0.434. The Morgan fingerprint density at radius 2 is 1.83 bits per heavy atom. The molecule has 0 bridgehead atoms.